The molecule has 2 nitrogen and oxygen atoms in total. The second kappa shape index (κ2) is 6.44. The van der Waals surface area contributed by atoms with Gasteiger partial charge in [0.15, 0.2) is 0 Å². The molecule has 0 aromatic heterocycles. The van der Waals surface area contributed by atoms with Crippen LogP contribution in [-0.4, -0.2) is 47.6 Å². The molecule has 2 rings (SSSR count). The van der Waals surface area contributed by atoms with Gasteiger partial charge in [0.05, 0.1) is 0 Å². The van der Waals surface area contributed by atoms with Crippen LogP contribution in [0.5, 0.6) is 0 Å². The smallest absolute Gasteiger partial charge is 0.0218 e. The number of nitrogens with one attached hydrogen (secondary N) is 1. The minimum atomic E-state index is 0.694. The predicted molar refractivity (Wildman–Crippen MR) is 77.8 cm³/mol. The minimum absolute atomic E-state index is 0.694. The molecule has 0 saturated carbocycles. The van der Waals surface area contributed by atoms with Gasteiger partial charge in [0, 0.05) is 37.0 Å². The molecule has 2 aliphatic heterocycles. The Morgan fingerprint density at radius 1 is 1.35 bits per heavy atom. The predicted octanol–water partition coefficient (Wildman–Crippen LogP) is 2.59. The molecule has 2 fully saturated rings. The third kappa shape index (κ3) is 3.87. The Morgan fingerprint density at radius 2 is 2.18 bits per heavy atom. The summed E-state index contributed by atoms with van der Waals surface area (Å²) < 4.78 is 0. The Labute approximate surface area is 111 Å². The third-order valence-corrected chi connectivity index (χ3v) is 5.63. The molecule has 2 saturated heterocycles. The van der Waals surface area contributed by atoms with E-state index >= 15 is 0 Å². The first kappa shape index (κ1) is 13.7. The molecule has 2 heterocycles. The van der Waals surface area contributed by atoms with E-state index in [0.717, 1.165) is 11.2 Å². The van der Waals surface area contributed by atoms with Gasteiger partial charge in [-0.25, -0.2) is 0 Å². The first-order valence-corrected chi connectivity index (χ1v) is 8.30. The Hall–Kier alpha value is 0.270. The van der Waals surface area contributed by atoms with E-state index in [2.05, 4.69) is 42.7 Å². The van der Waals surface area contributed by atoms with E-state index in [4.69, 9.17) is 0 Å². The van der Waals surface area contributed by atoms with Crippen molar-refractivity contribution in [3.05, 3.63) is 0 Å². The summed E-state index contributed by atoms with van der Waals surface area (Å²) in [7, 11) is 0. The van der Waals surface area contributed by atoms with Crippen molar-refractivity contribution in [2.75, 3.05) is 25.4 Å². The molecular formula is C14H28N2S. The summed E-state index contributed by atoms with van der Waals surface area (Å²) in [5, 5.41) is 4.59. The molecule has 3 heteroatoms. The van der Waals surface area contributed by atoms with Crippen molar-refractivity contribution in [3.63, 3.8) is 0 Å². The topological polar surface area (TPSA) is 15.3 Å². The SMILES string of the molecule is CC(C)C1CN(CC2CCCCS2)C(C)CN1. The quantitative estimate of drug-likeness (QED) is 0.835. The molecule has 0 amide bonds. The first-order valence-electron chi connectivity index (χ1n) is 7.26. The van der Waals surface area contributed by atoms with Gasteiger partial charge in [-0.2, -0.15) is 11.8 Å². The molecule has 0 aromatic carbocycles. The number of rotatable bonds is 3. The lowest BCUT2D eigenvalue weighted by atomic mass is 9.99. The molecule has 100 valence electrons. The lowest BCUT2D eigenvalue weighted by molar-refractivity contribution is 0.122. The summed E-state index contributed by atoms with van der Waals surface area (Å²) in [5.41, 5.74) is 0. The summed E-state index contributed by atoms with van der Waals surface area (Å²) in [4.78, 5) is 2.73. The van der Waals surface area contributed by atoms with Gasteiger partial charge in [-0.15, -0.1) is 0 Å². The fourth-order valence-electron chi connectivity index (χ4n) is 2.86. The van der Waals surface area contributed by atoms with Crippen LogP contribution in [0.2, 0.25) is 0 Å². The number of hydrogen-bond acceptors (Lipinski definition) is 3. The van der Waals surface area contributed by atoms with E-state index in [9.17, 15) is 0 Å². The van der Waals surface area contributed by atoms with Gasteiger partial charge in [-0.05, 0) is 31.4 Å². The van der Waals surface area contributed by atoms with Crippen LogP contribution < -0.4 is 5.32 Å². The summed E-state index contributed by atoms with van der Waals surface area (Å²) in [6.45, 7) is 10.8. The van der Waals surface area contributed by atoms with Gasteiger partial charge >= 0.3 is 0 Å². The molecule has 3 atom stereocenters. The van der Waals surface area contributed by atoms with E-state index in [0.29, 0.717) is 12.1 Å². The van der Waals surface area contributed by atoms with E-state index < -0.39 is 0 Å². The molecule has 0 aliphatic carbocycles. The Balaban J connectivity index is 1.84. The fourth-order valence-corrected chi connectivity index (χ4v) is 4.20. The minimum Gasteiger partial charge on any atom is -0.311 e. The van der Waals surface area contributed by atoms with Crippen LogP contribution in [0, 0.1) is 5.92 Å². The zero-order valence-corrected chi connectivity index (χ0v) is 12.4. The van der Waals surface area contributed by atoms with Gasteiger partial charge in [0.25, 0.3) is 0 Å². The van der Waals surface area contributed by atoms with E-state index in [1.165, 1.54) is 44.6 Å². The maximum Gasteiger partial charge on any atom is 0.0218 e. The molecule has 17 heavy (non-hydrogen) atoms. The van der Waals surface area contributed by atoms with Crippen molar-refractivity contribution in [1.82, 2.24) is 10.2 Å². The molecule has 3 unspecified atom stereocenters. The van der Waals surface area contributed by atoms with Gasteiger partial charge in [0.2, 0.25) is 0 Å². The summed E-state index contributed by atoms with van der Waals surface area (Å²) in [6.07, 6.45) is 4.33. The maximum atomic E-state index is 3.69. The lowest BCUT2D eigenvalue weighted by Gasteiger charge is -2.42. The van der Waals surface area contributed by atoms with Crippen LogP contribution >= 0.6 is 11.8 Å². The maximum absolute atomic E-state index is 3.69. The Bertz CT molecular complexity index is 226. The Kier molecular flexibility index (Phi) is 5.19. The zero-order valence-electron chi connectivity index (χ0n) is 11.6. The number of hydrogen-bond donors (Lipinski definition) is 1. The van der Waals surface area contributed by atoms with Crippen LogP contribution in [0.1, 0.15) is 40.0 Å². The van der Waals surface area contributed by atoms with Crippen LogP contribution in [0.25, 0.3) is 0 Å². The molecule has 0 aromatic rings. The third-order valence-electron chi connectivity index (χ3n) is 4.25. The summed E-state index contributed by atoms with van der Waals surface area (Å²) in [6, 6.07) is 1.41. The van der Waals surface area contributed by atoms with Crippen LogP contribution in [-0.2, 0) is 0 Å². The van der Waals surface area contributed by atoms with E-state index in [-0.39, 0.29) is 0 Å². The van der Waals surface area contributed by atoms with Gasteiger partial charge in [0.1, 0.15) is 0 Å². The van der Waals surface area contributed by atoms with Crippen molar-refractivity contribution in [1.29, 1.82) is 0 Å². The molecule has 0 radical (unpaired) electrons. The monoisotopic (exact) mass is 256 g/mol. The highest BCUT2D eigenvalue weighted by Crippen LogP contribution is 2.27. The number of piperazine rings is 1. The second-order valence-corrected chi connectivity index (χ2v) is 7.46. The molecule has 0 spiro atoms. The van der Waals surface area contributed by atoms with Crippen molar-refractivity contribution < 1.29 is 0 Å². The molecule has 0 bridgehead atoms. The van der Waals surface area contributed by atoms with Gasteiger partial charge in [-0.3, -0.25) is 4.90 Å². The van der Waals surface area contributed by atoms with Crippen LogP contribution in [0.15, 0.2) is 0 Å². The van der Waals surface area contributed by atoms with E-state index in [1.54, 1.807) is 0 Å². The van der Waals surface area contributed by atoms with E-state index in [1.807, 2.05) is 0 Å². The van der Waals surface area contributed by atoms with Crippen molar-refractivity contribution in [3.8, 4) is 0 Å². The molecule has 2 aliphatic rings. The molecule has 1 N–H and O–H groups in total. The van der Waals surface area contributed by atoms with Crippen molar-refractivity contribution >= 4 is 11.8 Å². The fraction of sp³-hybridized carbons (Fsp3) is 1.00. The van der Waals surface area contributed by atoms with Crippen molar-refractivity contribution in [2.45, 2.75) is 57.4 Å². The van der Waals surface area contributed by atoms with Crippen LogP contribution in [0.4, 0.5) is 0 Å². The molecular weight excluding hydrogens is 228 g/mol. The standard InChI is InChI=1S/C14H28N2S/c1-11(2)14-10-16(12(3)8-15-14)9-13-6-4-5-7-17-13/h11-15H,4-10H2,1-3H3. The second-order valence-electron chi connectivity index (χ2n) is 6.05. The summed E-state index contributed by atoms with van der Waals surface area (Å²) >= 11 is 2.21. The summed E-state index contributed by atoms with van der Waals surface area (Å²) in [5.74, 6) is 2.14. The van der Waals surface area contributed by atoms with Crippen LogP contribution in [0.3, 0.4) is 0 Å². The normalized spacial score (nSPS) is 36.4. The number of thioether (sulfide) groups is 1. The average Bonchev–Trinajstić information content (AvgIpc) is 2.33. The zero-order chi connectivity index (χ0) is 12.3. The number of nitrogens with zero attached hydrogens (tertiary/aromatic N) is 1. The highest BCUT2D eigenvalue weighted by Gasteiger charge is 2.28. The van der Waals surface area contributed by atoms with Gasteiger partial charge in [-0.1, -0.05) is 20.3 Å². The lowest BCUT2D eigenvalue weighted by Crippen LogP contribution is -2.58. The average molecular weight is 256 g/mol. The first-order chi connectivity index (χ1) is 8.16. The highest BCUT2D eigenvalue weighted by atomic mass is 32.2. The Morgan fingerprint density at radius 3 is 2.82 bits per heavy atom. The van der Waals surface area contributed by atoms with Gasteiger partial charge < -0.3 is 5.32 Å². The van der Waals surface area contributed by atoms with Crippen molar-refractivity contribution in [2.24, 2.45) is 5.92 Å². The highest BCUT2D eigenvalue weighted by molar-refractivity contribution is 7.99. The largest absolute Gasteiger partial charge is 0.311 e.